The number of rotatable bonds is 7. The Labute approximate surface area is 121 Å². The van der Waals surface area contributed by atoms with E-state index in [-0.39, 0.29) is 12.2 Å². The maximum absolute atomic E-state index is 11.8. The predicted octanol–water partition coefficient (Wildman–Crippen LogP) is 0.774. The molecule has 0 saturated heterocycles. The molecule has 110 valence electrons. The molecule has 0 aliphatic carbocycles. The Hall–Kier alpha value is -1.31. The van der Waals surface area contributed by atoms with Crippen LogP contribution in [0.25, 0.3) is 0 Å². The van der Waals surface area contributed by atoms with Crippen molar-refractivity contribution >= 4 is 17.7 Å². The van der Waals surface area contributed by atoms with E-state index in [2.05, 4.69) is 0 Å². The highest BCUT2D eigenvalue weighted by atomic mass is 32.2. The average Bonchev–Trinajstić information content (AvgIpc) is 2.91. The summed E-state index contributed by atoms with van der Waals surface area (Å²) in [6, 6.07) is 3.02. The number of carbonyl (C=O) groups excluding carboxylic acids is 1. The first kappa shape index (κ1) is 15.1. The Kier molecular flexibility index (Phi) is 5.63. The molecule has 0 saturated carbocycles. The molecule has 0 spiro atoms. The maximum atomic E-state index is 11.8. The molecule has 0 unspecified atom stereocenters. The van der Waals surface area contributed by atoms with Crippen molar-refractivity contribution in [3.8, 4) is 0 Å². The largest absolute Gasteiger partial charge is 0.460 e. The van der Waals surface area contributed by atoms with Gasteiger partial charge in [-0.05, 0) is 6.07 Å². The summed E-state index contributed by atoms with van der Waals surface area (Å²) in [6.45, 7) is 2.14. The third kappa shape index (κ3) is 3.84. The summed E-state index contributed by atoms with van der Waals surface area (Å²) in [5.74, 6) is 0.370. The number of carbonyl (C=O) groups is 1. The van der Waals surface area contributed by atoms with Crippen LogP contribution in [0.2, 0.25) is 0 Å². The molecule has 2 heterocycles. The Bertz CT molecular complexity index is 528. The first-order valence-electron chi connectivity index (χ1n) is 6.34. The standard InChI is InChI=1S/C13H17NO5S/c1-17-3-4-18-5-6-19-13(16)10-8-11(15)14-2-7-20-12(14)9-10/h8-9H,2-7H2,1H3. The van der Waals surface area contributed by atoms with Crippen LogP contribution in [0.4, 0.5) is 0 Å². The van der Waals surface area contributed by atoms with Gasteiger partial charge in [-0.25, -0.2) is 4.79 Å². The van der Waals surface area contributed by atoms with Gasteiger partial charge in [-0.2, -0.15) is 0 Å². The number of ether oxygens (including phenoxy) is 3. The third-order valence-corrected chi connectivity index (χ3v) is 3.80. The lowest BCUT2D eigenvalue weighted by Crippen LogP contribution is -2.21. The smallest absolute Gasteiger partial charge is 0.338 e. The van der Waals surface area contributed by atoms with Crippen molar-refractivity contribution in [3.63, 3.8) is 0 Å². The minimum absolute atomic E-state index is 0.157. The lowest BCUT2D eigenvalue weighted by Gasteiger charge is -2.07. The second-order valence-corrected chi connectivity index (χ2v) is 5.28. The maximum Gasteiger partial charge on any atom is 0.338 e. The van der Waals surface area contributed by atoms with Crippen molar-refractivity contribution in [3.05, 3.63) is 28.0 Å². The number of fused-ring (bicyclic) bond motifs is 1. The van der Waals surface area contributed by atoms with E-state index in [9.17, 15) is 9.59 Å². The fourth-order valence-electron chi connectivity index (χ4n) is 1.79. The van der Waals surface area contributed by atoms with Gasteiger partial charge in [-0.3, -0.25) is 4.79 Å². The van der Waals surface area contributed by atoms with Gasteiger partial charge in [-0.1, -0.05) is 0 Å². The van der Waals surface area contributed by atoms with Gasteiger partial charge in [0, 0.05) is 25.5 Å². The number of hydrogen-bond donors (Lipinski definition) is 0. The molecular formula is C13H17NO5S. The zero-order valence-corrected chi connectivity index (χ0v) is 12.1. The zero-order chi connectivity index (χ0) is 14.4. The molecule has 0 aromatic carbocycles. The van der Waals surface area contributed by atoms with Crippen LogP contribution in [0.5, 0.6) is 0 Å². The van der Waals surface area contributed by atoms with Crippen LogP contribution in [0.15, 0.2) is 22.0 Å². The first-order valence-corrected chi connectivity index (χ1v) is 7.32. The summed E-state index contributed by atoms with van der Waals surface area (Å²) in [5, 5.41) is 0.820. The third-order valence-electron chi connectivity index (χ3n) is 2.78. The molecule has 0 amide bonds. The summed E-state index contributed by atoms with van der Waals surface area (Å²) < 4.78 is 16.7. The molecule has 0 bridgehead atoms. The number of nitrogens with zero attached hydrogens (tertiary/aromatic N) is 1. The number of thioether (sulfide) groups is 1. The van der Waals surface area contributed by atoms with Crippen molar-refractivity contribution in [1.29, 1.82) is 0 Å². The number of methoxy groups -OCH3 is 1. The van der Waals surface area contributed by atoms with Gasteiger partial charge in [0.25, 0.3) is 5.56 Å². The second kappa shape index (κ2) is 7.47. The quantitative estimate of drug-likeness (QED) is 0.547. The summed E-state index contributed by atoms with van der Waals surface area (Å²) in [7, 11) is 1.59. The second-order valence-electron chi connectivity index (χ2n) is 4.16. The zero-order valence-electron chi connectivity index (χ0n) is 11.3. The van der Waals surface area contributed by atoms with Crippen LogP contribution in [0.1, 0.15) is 10.4 Å². The van der Waals surface area contributed by atoms with Gasteiger partial charge in [0.2, 0.25) is 0 Å². The first-order chi connectivity index (χ1) is 9.72. The lowest BCUT2D eigenvalue weighted by atomic mass is 10.2. The Morgan fingerprint density at radius 2 is 2.10 bits per heavy atom. The molecule has 1 aromatic heterocycles. The van der Waals surface area contributed by atoms with Crippen molar-refractivity contribution in [1.82, 2.24) is 4.57 Å². The molecule has 0 radical (unpaired) electrons. The number of hydrogen-bond acceptors (Lipinski definition) is 6. The van der Waals surface area contributed by atoms with E-state index in [1.807, 2.05) is 0 Å². The van der Waals surface area contributed by atoms with Crippen LogP contribution in [-0.2, 0) is 20.8 Å². The van der Waals surface area contributed by atoms with Crippen LogP contribution >= 0.6 is 11.8 Å². The molecule has 20 heavy (non-hydrogen) atoms. The Morgan fingerprint density at radius 3 is 2.90 bits per heavy atom. The predicted molar refractivity (Wildman–Crippen MR) is 74.4 cm³/mol. The molecule has 1 aromatic rings. The van der Waals surface area contributed by atoms with Gasteiger partial charge in [0.1, 0.15) is 6.61 Å². The lowest BCUT2D eigenvalue weighted by molar-refractivity contribution is 0.0213. The Balaban J connectivity index is 1.84. The molecule has 2 rings (SSSR count). The number of pyridine rings is 1. The molecular weight excluding hydrogens is 282 g/mol. The summed E-state index contributed by atoms with van der Waals surface area (Å²) in [4.78, 5) is 23.6. The van der Waals surface area contributed by atoms with Gasteiger partial charge >= 0.3 is 5.97 Å². The van der Waals surface area contributed by atoms with Crippen LogP contribution < -0.4 is 5.56 Å². The van der Waals surface area contributed by atoms with E-state index in [4.69, 9.17) is 14.2 Å². The average molecular weight is 299 g/mol. The molecule has 1 aliphatic rings. The SMILES string of the molecule is COCCOCCOC(=O)c1cc2n(c(=O)c1)CCS2. The van der Waals surface area contributed by atoms with Crippen LogP contribution in [0.3, 0.4) is 0 Å². The van der Waals surface area contributed by atoms with E-state index < -0.39 is 5.97 Å². The van der Waals surface area contributed by atoms with Gasteiger partial charge in [0.15, 0.2) is 0 Å². The van der Waals surface area contributed by atoms with Crippen LogP contribution in [-0.4, -0.2) is 49.8 Å². The Morgan fingerprint density at radius 1 is 1.30 bits per heavy atom. The van der Waals surface area contributed by atoms with E-state index in [1.54, 1.807) is 29.5 Å². The number of esters is 1. The highest BCUT2D eigenvalue weighted by molar-refractivity contribution is 7.99. The van der Waals surface area contributed by atoms with Crippen molar-refractivity contribution in [2.24, 2.45) is 0 Å². The van der Waals surface area contributed by atoms with E-state index >= 15 is 0 Å². The van der Waals surface area contributed by atoms with Gasteiger partial charge in [0.05, 0.1) is 30.4 Å². The summed E-state index contributed by atoms with van der Waals surface area (Å²) in [6.07, 6.45) is 0. The molecule has 0 atom stereocenters. The molecule has 0 N–H and O–H groups in total. The fourth-order valence-corrected chi connectivity index (χ4v) is 2.82. The van der Waals surface area contributed by atoms with Crippen molar-refractivity contribution in [2.75, 3.05) is 39.3 Å². The van der Waals surface area contributed by atoms with E-state index in [1.165, 1.54) is 6.07 Å². The van der Waals surface area contributed by atoms with Gasteiger partial charge in [-0.15, -0.1) is 11.8 Å². The summed E-state index contributed by atoms with van der Waals surface area (Å²) in [5.41, 5.74) is 0.142. The molecule has 0 fully saturated rings. The van der Waals surface area contributed by atoms with Crippen LogP contribution in [0, 0.1) is 0 Å². The highest BCUT2D eigenvalue weighted by Crippen LogP contribution is 2.24. The molecule has 1 aliphatic heterocycles. The van der Waals surface area contributed by atoms with E-state index in [0.29, 0.717) is 31.9 Å². The van der Waals surface area contributed by atoms with E-state index in [0.717, 1.165) is 10.8 Å². The molecule has 6 nitrogen and oxygen atoms in total. The fraction of sp³-hybridized carbons (Fsp3) is 0.538. The minimum atomic E-state index is -0.492. The normalized spacial score (nSPS) is 13.2. The van der Waals surface area contributed by atoms with Crippen molar-refractivity contribution < 1.29 is 19.0 Å². The highest BCUT2D eigenvalue weighted by Gasteiger charge is 2.17. The number of aromatic nitrogens is 1. The monoisotopic (exact) mass is 299 g/mol. The minimum Gasteiger partial charge on any atom is -0.460 e. The topological polar surface area (TPSA) is 66.8 Å². The van der Waals surface area contributed by atoms with Gasteiger partial charge < -0.3 is 18.8 Å². The summed E-state index contributed by atoms with van der Waals surface area (Å²) >= 11 is 1.57. The van der Waals surface area contributed by atoms with Crippen molar-refractivity contribution in [2.45, 2.75) is 11.6 Å². The molecule has 7 heteroatoms.